The van der Waals surface area contributed by atoms with Crippen LogP contribution in [0.4, 0.5) is 0 Å². The third kappa shape index (κ3) is 0.615. The maximum absolute atomic E-state index is 2.59. The Kier molecular flexibility index (Phi) is 1.19. The summed E-state index contributed by atoms with van der Waals surface area (Å²) < 4.78 is 0. The molecule has 1 fully saturated rings. The molecule has 2 rings (SSSR count). The molecule has 0 saturated carbocycles. The lowest BCUT2D eigenvalue weighted by Crippen LogP contribution is -2.37. The van der Waals surface area contributed by atoms with Crippen molar-refractivity contribution in [3.8, 4) is 0 Å². The molecule has 0 radical (unpaired) electrons. The molecule has 0 amide bonds. The average molecular weight is 137 g/mol. The van der Waals surface area contributed by atoms with Gasteiger partial charge in [0, 0.05) is 12.1 Å². The molecular weight excluding hydrogens is 122 g/mol. The fraction of sp³-hybridized carbons (Fsp3) is 0.778. The quantitative estimate of drug-likeness (QED) is 0.460. The number of hydrogen-bond donors (Lipinski definition) is 0. The molecule has 10 heavy (non-hydrogen) atoms. The van der Waals surface area contributed by atoms with E-state index in [9.17, 15) is 0 Å². The zero-order valence-electron chi connectivity index (χ0n) is 6.85. The van der Waals surface area contributed by atoms with Crippen LogP contribution in [0.1, 0.15) is 26.7 Å². The molecule has 0 aromatic rings. The van der Waals surface area contributed by atoms with E-state index in [-0.39, 0.29) is 0 Å². The third-order valence-electron chi connectivity index (χ3n) is 3.26. The molecule has 56 valence electrons. The molecule has 1 unspecified atom stereocenters. The third-order valence-corrected chi connectivity index (χ3v) is 3.26. The van der Waals surface area contributed by atoms with Gasteiger partial charge < -0.3 is 0 Å². The lowest BCUT2D eigenvalue weighted by molar-refractivity contribution is 0.236. The summed E-state index contributed by atoms with van der Waals surface area (Å²) in [6.07, 6.45) is 5.14. The van der Waals surface area contributed by atoms with E-state index >= 15 is 0 Å². The first-order valence-corrected chi connectivity index (χ1v) is 4.16. The van der Waals surface area contributed by atoms with Crippen molar-refractivity contribution in [2.75, 3.05) is 13.1 Å². The highest BCUT2D eigenvalue weighted by Crippen LogP contribution is 2.38. The van der Waals surface area contributed by atoms with Gasteiger partial charge in [-0.3, -0.25) is 4.90 Å². The fourth-order valence-corrected chi connectivity index (χ4v) is 2.23. The fourth-order valence-electron chi connectivity index (χ4n) is 2.23. The van der Waals surface area contributed by atoms with Crippen LogP contribution in [0.3, 0.4) is 0 Å². The van der Waals surface area contributed by atoms with Gasteiger partial charge in [0.1, 0.15) is 0 Å². The molecule has 2 aliphatic heterocycles. The molecule has 0 aliphatic carbocycles. The van der Waals surface area contributed by atoms with Crippen LogP contribution in [0.25, 0.3) is 0 Å². The van der Waals surface area contributed by atoms with Crippen LogP contribution in [0.15, 0.2) is 11.6 Å². The molecule has 1 atom stereocenters. The first-order chi connectivity index (χ1) is 4.73. The number of hydrogen-bond acceptors (Lipinski definition) is 1. The second kappa shape index (κ2) is 1.85. The number of fused-ring (bicyclic) bond motifs is 1. The summed E-state index contributed by atoms with van der Waals surface area (Å²) in [6, 6.07) is 0. The smallest absolute Gasteiger partial charge is 0.0393 e. The highest BCUT2D eigenvalue weighted by atomic mass is 15.2. The van der Waals surface area contributed by atoms with E-state index < -0.39 is 0 Å². The molecule has 0 spiro atoms. The molecule has 0 aromatic carbocycles. The molecule has 0 bridgehead atoms. The zero-order chi connectivity index (χ0) is 7.19. The standard InChI is InChI=1S/C9H15N/c1-8-4-7-10-6-3-5-9(8,10)2/h4H,3,5-7H2,1-2H3. The van der Waals surface area contributed by atoms with Gasteiger partial charge in [-0.2, -0.15) is 0 Å². The van der Waals surface area contributed by atoms with Crippen LogP contribution in [-0.4, -0.2) is 23.5 Å². The lowest BCUT2D eigenvalue weighted by Gasteiger charge is -2.29. The minimum atomic E-state index is 0.458. The van der Waals surface area contributed by atoms with Crippen LogP contribution in [0.5, 0.6) is 0 Å². The summed E-state index contributed by atoms with van der Waals surface area (Å²) in [4.78, 5) is 2.59. The Morgan fingerprint density at radius 3 is 3.10 bits per heavy atom. The van der Waals surface area contributed by atoms with Crippen molar-refractivity contribution in [3.05, 3.63) is 11.6 Å². The molecule has 2 heterocycles. The Morgan fingerprint density at radius 2 is 2.40 bits per heavy atom. The molecule has 2 aliphatic rings. The van der Waals surface area contributed by atoms with Crippen LogP contribution < -0.4 is 0 Å². The molecular formula is C9H15N. The van der Waals surface area contributed by atoms with Crippen LogP contribution in [0, 0.1) is 0 Å². The van der Waals surface area contributed by atoms with E-state index in [1.54, 1.807) is 5.57 Å². The second-order valence-corrected chi connectivity index (χ2v) is 3.71. The summed E-state index contributed by atoms with van der Waals surface area (Å²) in [5.41, 5.74) is 2.05. The Bertz CT molecular complexity index is 183. The summed E-state index contributed by atoms with van der Waals surface area (Å²) in [5.74, 6) is 0. The molecule has 1 heteroatoms. The van der Waals surface area contributed by atoms with Crippen molar-refractivity contribution in [1.82, 2.24) is 4.90 Å². The SMILES string of the molecule is CC1=CCN2CCCC12C. The number of rotatable bonds is 0. The summed E-state index contributed by atoms with van der Waals surface area (Å²) in [5, 5.41) is 0. The Labute approximate surface area is 62.7 Å². The van der Waals surface area contributed by atoms with E-state index in [1.807, 2.05) is 0 Å². The Morgan fingerprint density at radius 1 is 1.60 bits per heavy atom. The minimum absolute atomic E-state index is 0.458. The van der Waals surface area contributed by atoms with Gasteiger partial charge in [0.05, 0.1) is 0 Å². The van der Waals surface area contributed by atoms with Crippen LogP contribution >= 0.6 is 0 Å². The highest BCUT2D eigenvalue weighted by molar-refractivity contribution is 5.25. The second-order valence-electron chi connectivity index (χ2n) is 3.71. The van der Waals surface area contributed by atoms with Gasteiger partial charge in [-0.25, -0.2) is 0 Å². The Hall–Kier alpha value is -0.300. The van der Waals surface area contributed by atoms with E-state index in [4.69, 9.17) is 0 Å². The van der Waals surface area contributed by atoms with Gasteiger partial charge in [-0.05, 0) is 33.2 Å². The summed E-state index contributed by atoms with van der Waals surface area (Å²) >= 11 is 0. The largest absolute Gasteiger partial charge is 0.291 e. The van der Waals surface area contributed by atoms with E-state index in [0.717, 1.165) is 0 Å². The van der Waals surface area contributed by atoms with Gasteiger partial charge in [-0.1, -0.05) is 11.6 Å². The van der Waals surface area contributed by atoms with Crippen LogP contribution in [0.2, 0.25) is 0 Å². The van der Waals surface area contributed by atoms with Crippen molar-refractivity contribution < 1.29 is 0 Å². The lowest BCUT2D eigenvalue weighted by atomic mass is 9.93. The minimum Gasteiger partial charge on any atom is -0.291 e. The average Bonchev–Trinajstić information content (AvgIpc) is 2.36. The topological polar surface area (TPSA) is 3.24 Å². The van der Waals surface area contributed by atoms with Gasteiger partial charge in [-0.15, -0.1) is 0 Å². The predicted molar refractivity (Wildman–Crippen MR) is 43.0 cm³/mol. The molecule has 1 nitrogen and oxygen atoms in total. The maximum Gasteiger partial charge on any atom is 0.0393 e. The first kappa shape index (κ1) is 6.41. The molecule has 0 aromatic heterocycles. The van der Waals surface area contributed by atoms with Gasteiger partial charge in [0.25, 0.3) is 0 Å². The van der Waals surface area contributed by atoms with E-state index in [1.165, 1.54) is 25.9 Å². The van der Waals surface area contributed by atoms with Crippen molar-refractivity contribution in [1.29, 1.82) is 0 Å². The van der Waals surface area contributed by atoms with Gasteiger partial charge in [0.15, 0.2) is 0 Å². The predicted octanol–water partition coefficient (Wildman–Crippen LogP) is 1.80. The van der Waals surface area contributed by atoms with Gasteiger partial charge >= 0.3 is 0 Å². The molecule has 1 saturated heterocycles. The Balaban J connectivity index is 2.31. The highest BCUT2D eigenvalue weighted by Gasteiger charge is 2.40. The van der Waals surface area contributed by atoms with Crippen molar-refractivity contribution >= 4 is 0 Å². The van der Waals surface area contributed by atoms with Crippen molar-refractivity contribution in [2.45, 2.75) is 32.2 Å². The summed E-state index contributed by atoms with van der Waals surface area (Å²) in [6.45, 7) is 7.15. The molecule has 0 N–H and O–H groups in total. The van der Waals surface area contributed by atoms with E-state index in [0.29, 0.717) is 5.54 Å². The first-order valence-electron chi connectivity index (χ1n) is 4.16. The normalized spacial score (nSPS) is 40.0. The zero-order valence-corrected chi connectivity index (χ0v) is 6.85. The van der Waals surface area contributed by atoms with Gasteiger partial charge in [0.2, 0.25) is 0 Å². The number of nitrogens with zero attached hydrogens (tertiary/aromatic N) is 1. The van der Waals surface area contributed by atoms with E-state index in [2.05, 4.69) is 24.8 Å². The van der Waals surface area contributed by atoms with Crippen LogP contribution in [-0.2, 0) is 0 Å². The summed E-state index contributed by atoms with van der Waals surface area (Å²) in [7, 11) is 0. The monoisotopic (exact) mass is 137 g/mol. The maximum atomic E-state index is 2.59. The van der Waals surface area contributed by atoms with Crippen molar-refractivity contribution in [2.24, 2.45) is 0 Å². The van der Waals surface area contributed by atoms with Crippen molar-refractivity contribution in [3.63, 3.8) is 0 Å².